The quantitative estimate of drug-likeness (QED) is 0.811. The highest BCUT2D eigenvalue weighted by Crippen LogP contribution is 2.27. The van der Waals surface area contributed by atoms with E-state index in [2.05, 4.69) is 29.1 Å². The molecule has 1 aromatic heterocycles. The Morgan fingerprint density at radius 2 is 2.00 bits per heavy atom. The Balaban J connectivity index is 2.39. The molecule has 1 aliphatic rings. The molecule has 0 aliphatic carbocycles. The van der Waals surface area contributed by atoms with Crippen LogP contribution < -0.4 is 0 Å². The van der Waals surface area contributed by atoms with Crippen molar-refractivity contribution in [1.82, 2.24) is 19.9 Å². The van der Waals surface area contributed by atoms with Gasteiger partial charge in [0.1, 0.15) is 12.2 Å². The van der Waals surface area contributed by atoms with Crippen LogP contribution in [0.15, 0.2) is 0 Å². The maximum absolute atomic E-state index is 5.70. The second kappa shape index (κ2) is 6.45. The van der Waals surface area contributed by atoms with Crippen LogP contribution in [0, 0.1) is 0 Å². The number of rotatable bonds is 4. The first kappa shape index (κ1) is 14.4. The number of methoxy groups -OCH3 is 2. The van der Waals surface area contributed by atoms with Gasteiger partial charge in [0.2, 0.25) is 0 Å². The summed E-state index contributed by atoms with van der Waals surface area (Å²) in [5.41, 5.74) is 2.11. The van der Waals surface area contributed by atoms with E-state index in [0.29, 0.717) is 0 Å². The summed E-state index contributed by atoms with van der Waals surface area (Å²) in [6, 6.07) is 0. The summed E-state index contributed by atoms with van der Waals surface area (Å²) < 4.78 is 13.3. The number of aromatic nitrogens is 3. The molecule has 2 heterocycles. The van der Waals surface area contributed by atoms with Crippen molar-refractivity contribution in [3.05, 3.63) is 11.4 Å². The number of nitrogens with zero attached hydrogens (tertiary/aromatic N) is 4. The lowest BCUT2D eigenvalue weighted by Gasteiger charge is -2.33. The van der Waals surface area contributed by atoms with E-state index in [1.807, 2.05) is 4.68 Å². The molecule has 19 heavy (non-hydrogen) atoms. The van der Waals surface area contributed by atoms with Crippen molar-refractivity contribution in [3.8, 4) is 0 Å². The van der Waals surface area contributed by atoms with Crippen molar-refractivity contribution in [2.45, 2.75) is 39.0 Å². The van der Waals surface area contributed by atoms with Gasteiger partial charge in [-0.1, -0.05) is 12.1 Å². The van der Waals surface area contributed by atoms with Gasteiger partial charge in [0.25, 0.3) is 0 Å². The Labute approximate surface area is 114 Å². The molecule has 0 saturated carbocycles. The molecule has 0 aromatic carbocycles. The number of likely N-dealkylation sites (N-methyl/N-ethyl adjacent to an activating group) is 1. The van der Waals surface area contributed by atoms with E-state index >= 15 is 0 Å². The molecular weight excluding hydrogens is 244 g/mol. The Kier molecular flexibility index (Phi) is 4.90. The summed E-state index contributed by atoms with van der Waals surface area (Å²) in [6.07, 6.45) is 0.816. The van der Waals surface area contributed by atoms with Crippen LogP contribution in [-0.4, -0.2) is 59.9 Å². The van der Waals surface area contributed by atoms with E-state index in [1.54, 1.807) is 14.2 Å². The molecule has 0 fully saturated rings. The van der Waals surface area contributed by atoms with Gasteiger partial charge in [-0.3, -0.25) is 0 Å². The highest BCUT2D eigenvalue weighted by atomic mass is 16.5. The van der Waals surface area contributed by atoms with Crippen LogP contribution >= 0.6 is 0 Å². The zero-order valence-electron chi connectivity index (χ0n) is 12.3. The van der Waals surface area contributed by atoms with Crippen molar-refractivity contribution in [3.63, 3.8) is 0 Å². The summed E-state index contributed by atoms with van der Waals surface area (Å²) in [6.45, 7) is 7.91. The number of hydrogen-bond donors (Lipinski definition) is 0. The highest BCUT2D eigenvalue weighted by molar-refractivity contribution is 5.17. The van der Waals surface area contributed by atoms with Gasteiger partial charge in [0.05, 0.1) is 11.4 Å². The fraction of sp³-hybridized carbons (Fsp3) is 0.846. The van der Waals surface area contributed by atoms with Gasteiger partial charge in [-0.25, -0.2) is 4.68 Å². The van der Waals surface area contributed by atoms with Crippen molar-refractivity contribution in [1.29, 1.82) is 0 Å². The highest BCUT2D eigenvalue weighted by Gasteiger charge is 2.33. The van der Waals surface area contributed by atoms with Crippen LogP contribution in [0.25, 0.3) is 0 Å². The van der Waals surface area contributed by atoms with Crippen molar-refractivity contribution in [2.24, 2.45) is 0 Å². The monoisotopic (exact) mass is 268 g/mol. The Bertz CT molecular complexity index is 407. The Morgan fingerprint density at radius 1 is 1.21 bits per heavy atom. The van der Waals surface area contributed by atoms with Gasteiger partial charge in [0, 0.05) is 40.3 Å². The smallest absolute Gasteiger partial charge is 0.128 e. The molecule has 6 nitrogen and oxygen atoms in total. The van der Waals surface area contributed by atoms with E-state index in [0.717, 1.165) is 44.0 Å². The second-order valence-corrected chi connectivity index (χ2v) is 4.81. The SMILES string of the molecule is CCN1CCc2nnn(CC)c2C(OC)C(OC)C1. The molecule has 2 atom stereocenters. The standard InChI is InChI=1S/C13H24N4O2/c1-5-16-8-7-10-12(17(6-2)15-14-10)13(19-4)11(9-16)18-3/h11,13H,5-9H2,1-4H3. The molecule has 0 saturated heterocycles. The lowest BCUT2D eigenvalue weighted by atomic mass is 10.0. The fourth-order valence-corrected chi connectivity index (χ4v) is 2.71. The molecule has 0 N–H and O–H groups in total. The third kappa shape index (κ3) is 2.80. The zero-order chi connectivity index (χ0) is 13.8. The topological polar surface area (TPSA) is 52.4 Å². The van der Waals surface area contributed by atoms with Crippen LogP contribution in [-0.2, 0) is 22.4 Å². The maximum Gasteiger partial charge on any atom is 0.128 e. The Hall–Kier alpha value is -0.980. The third-order valence-electron chi connectivity index (χ3n) is 3.86. The molecule has 1 aliphatic heterocycles. The summed E-state index contributed by atoms with van der Waals surface area (Å²) in [4.78, 5) is 2.37. The summed E-state index contributed by atoms with van der Waals surface area (Å²) in [5, 5.41) is 8.55. The van der Waals surface area contributed by atoms with Crippen LogP contribution in [0.5, 0.6) is 0 Å². The first-order valence-corrected chi connectivity index (χ1v) is 6.95. The minimum Gasteiger partial charge on any atom is -0.377 e. The minimum absolute atomic E-state index is 0.00722. The van der Waals surface area contributed by atoms with Crippen LogP contribution in [0.3, 0.4) is 0 Å². The molecular formula is C13H24N4O2. The lowest BCUT2D eigenvalue weighted by molar-refractivity contribution is -0.0581. The third-order valence-corrected chi connectivity index (χ3v) is 3.86. The normalized spacial score (nSPS) is 24.8. The summed E-state index contributed by atoms with van der Waals surface area (Å²) >= 11 is 0. The van der Waals surface area contributed by atoms with E-state index in [-0.39, 0.29) is 12.2 Å². The Morgan fingerprint density at radius 3 is 2.58 bits per heavy atom. The van der Waals surface area contributed by atoms with Gasteiger partial charge in [-0.15, -0.1) is 5.10 Å². The van der Waals surface area contributed by atoms with Crippen molar-refractivity contribution < 1.29 is 9.47 Å². The average Bonchev–Trinajstić information content (AvgIpc) is 2.82. The number of fused-ring (bicyclic) bond motifs is 1. The average molecular weight is 268 g/mol. The summed E-state index contributed by atoms with van der Waals surface area (Å²) in [5.74, 6) is 0. The predicted octanol–water partition coefficient (Wildman–Crippen LogP) is 0.878. The second-order valence-electron chi connectivity index (χ2n) is 4.81. The molecule has 108 valence electrons. The number of aryl methyl sites for hydroxylation is 1. The molecule has 0 bridgehead atoms. The minimum atomic E-state index is -0.107. The largest absolute Gasteiger partial charge is 0.377 e. The zero-order valence-corrected chi connectivity index (χ0v) is 12.3. The van der Waals surface area contributed by atoms with E-state index in [9.17, 15) is 0 Å². The van der Waals surface area contributed by atoms with E-state index < -0.39 is 0 Å². The molecule has 6 heteroatoms. The van der Waals surface area contributed by atoms with Crippen LogP contribution in [0.4, 0.5) is 0 Å². The lowest BCUT2D eigenvalue weighted by Crippen LogP contribution is -2.41. The summed E-state index contributed by atoms with van der Waals surface area (Å²) in [7, 11) is 3.47. The number of hydrogen-bond acceptors (Lipinski definition) is 5. The van der Waals surface area contributed by atoms with Crippen LogP contribution in [0.2, 0.25) is 0 Å². The van der Waals surface area contributed by atoms with Crippen molar-refractivity contribution in [2.75, 3.05) is 33.9 Å². The number of ether oxygens (including phenoxy) is 2. The first-order valence-electron chi connectivity index (χ1n) is 6.95. The van der Waals surface area contributed by atoms with Crippen LogP contribution in [0.1, 0.15) is 31.3 Å². The molecule has 0 radical (unpaired) electrons. The molecule has 2 unspecified atom stereocenters. The molecule has 0 spiro atoms. The fourth-order valence-electron chi connectivity index (χ4n) is 2.71. The maximum atomic E-state index is 5.70. The van der Waals surface area contributed by atoms with Gasteiger partial charge >= 0.3 is 0 Å². The van der Waals surface area contributed by atoms with E-state index in [1.165, 1.54) is 0 Å². The van der Waals surface area contributed by atoms with Gasteiger partial charge in [-0.2, -0.15) is 0 Å². The van der Waals surface area contributed by atoms with Gasteiger partial charge < -0.3 is 14.4 Å². The molecule has 2 rings (SSSR count). The molecule has 0 amide bonds. The van der Waals surface area contributed by atoms with Gasteiger partial charge in [-0.05, 0) is 13.5 Å². The van der Waals surface area contributed by atoms with Gasteiger partial charge in [0.15, 0.2) is 0 Å². The first-order chi connectivity index (χ1) is 9.24. The van der Waals surface area contributed by atoms with E-state index in [4.69, 9.17) is 9.47 Å². The predicted molar refractivity (Wildman–Crippen MR) is 72.1 cm³/mol. The molecule has 1 aromatic rings. The van der Waals surface area contributed by atoms with Crippen molar-refractivity contribution >= 4 is 0 Å².